The lowest BCUT2D eigenvalue weighted by molar-refractivity contribution is 0.0600. The van der Waals surface area contributed by atoms with Gasteiger partial charge in [0, 0.05) is 6.07 Å². The Balaban J connectivity index is 0.000000494. The molecule has 0 amide bonds. The molecule has 0 saturated carbocycles. The fourth-order valence-corrected chi connectivity index (χ4v) is 1.46. The average Bonchev–Trinajstić information content (AvgIpc) is 2.25. The highest BCUT2D eigenvalue weighted by Gasteiger charge is 2.20. The van der Waals surface area contributed by atoms with E-state index in [1.807, 2.05) is 22.6 Å². The van der Waals surface area contributed by atoms with Gasteiger partial charge in [-0.1, -0.05) is 0 Å². The smallest absolute Gasteiger partial charge is 0.465 e. The van der Waals surface area contributed by atoms with Gasteiger partial charge in [0.05, 0.1) is 12.7 Å². The first-order chi connectivity index (χ1) is 8.19. The second-order valence-electron chi connectivity index (χ2n) is 2.75. The van der Waals surface area contributed by atoms with Gasteiger partial charge in [0.25, 0.3) is 0 Å². The van der Waals surface area contributed by atoms with Crippen LogP contribution in [0, 0.1) is 8.96 Å². The van der Waals surface area contributed by atoms with Crippen molar-refractivity contribution in [3.63, 3.8) is 0 Å². The molecule has 1 aromatic rings. The summed E-state index contributed by atoms with van der Waals surface area (Å²) in [7, 11) is -4.68. The maximum absolute atomic E-state index is 11.0. The first kappa shape index (κ1) is 16.6. The second kappa shape index (κ2) is 7.15. The molecule has 0 aliphatic carbocycles. The Morgan fingerprint density at radius 1 is 1.39 bits per heavy atom. The Labute approximate surface area is 113 Å². The molecular formula is C8H6BF4IN2O2. The van der Waals surface area contributed by atoms with E-state index >= 15 is 0 Å². The summed E-state index contributed by atoms with van der Waals surface area (Å²) in [6, 6.07) is 4.69. The van der Waals surface area contributed by atoms with Crippen LogP contribution in [0.15, 0.2) is 18.2 Å². The largest absolute Gasteiger partial charge is 0.673 e. The quantitative estimate of drug-likeness (QED) is 0.246. The lowest BCUT2D eigenvalue weighted by Crippen LogP contribution is -2.02. The number of hydrogen-bond donors (Lipinski definition) is 0. The van der Waals surface area contributed by atoms with Gasteiger partial charge in [0.15, 0.2) is 4.98 Å². The standard InChI is InChI=1S/C8H6IN2O2.BF4/c1-13-8(12)5-2-3-7(11-10)6(9)4-5;2-1(3,4)5/h2-4H,1H3;/q+1;-1. The number of carbonyl (C=O) groups is 1. The van der Waals surface area contributed by atoms with Crippen molar-refractivity contribution >= 4 is 41.5 Å². The first-order valence-corrected chi connectivity index (χ1v) is 5.37. The van der Waals surface area contributed by atoms with Crippen LogP contribution < -0.4 is 0 Å². The van der Waals surface area contributed by atoms with Crippen LogP contribution in [0.1, 0.15) is 10.4 Å². The number of benzene rings is 1. The van der Waals surface area contributed by atoms with Gasteiger partial charge in [-0.05, 0) is 34.7 Å². The van der Waals surface area contributed by atoms with E-state index in [0.29, 0.717) is 14.8 Å². The van der Waals surface area contributed by atoms with Crippen LogP contribution in [-0.4, -0.2) is 20.3 Å². The Kier molecular flexibility index (Phi) is 6.60. The summed E-state index contributed by atoms with van der Waals surface area (Å²) in [4.78, 5) is 14.1. The minimum absolute atomic E-state index is 0.401. The number of hydrogen-bond acceptors (Lipinski definition) is 3. The molecule has 0 spiro atoms. The third-order valence-electron chi connectivity index (χ3n) is 1.48. The average molecular weight is 376 g/mol. The van der Waals surface area contributed by atoms with E-state index in [4.69, 9.17) is 5.39 Å². The van der Waals surface area contributed by atoms with E-state index in [0.717, 1.165) is 0 Å². The normalized spacial score (nSPS) is 9.83. The van der Waals surface area contributed by atoms with Crippen LogP contribution in [0.5, 0.6) is 0 Å². The molecule has 0 aliphatic rings. The lowest BCUT2D eigenvalue weighted by atomic mass is 10.2. The van der Waals surface area contributed by atoms with Crippen LogP contribution in [0.25, 0.3) is 4.98 Å². The number of rotatable bonds is 1. The number of halogens is 5. The van der Waals surface area contributed by atoms with Gasteiger partial charge in [0.1, 0.15) is 3.57 Å². The van der Waals surface area contributed by atoms with E-state index < -0.39 is 13.2 Å². The van der Waals surface area contributed by atoms with Gasteiger partial charge < -0.3 is 22.0 Å². The van der Waals surface area contributed by atoms with Gasteiger partial charge in [-0.2, -0.15) is 0 Å². The highest BCUT2D eigenvalue weighted by molar-refractivity contribution is 14.1. The minimum Gasteiger partial charge on any atom is -0.465 e. The van der Waals surface area contributed by atoms with E-state index in [1.54, 1.807) is 18.2 Å². The molecule has 0 atom stereocenters. The van der Waals surface area contributed by atoms with Gasteiger partial charge in [-0.25, -0.2) is 4.79 Å². The van der Waals surface area contributed by atoms with Gasteiger partial charge >= 0.3 is 18.9 Å². The maximum atomic E-state index is 11.0. The number of carbonyl (C=O) groups excluding carboxylic acids is 1. The SMILES string of the molecule is COC(=O)c1ccc([N+]#N)c(I)c1.F[B-](F)(F)F. The predicted octanol–water partition coefficient (Wildman–Crippen LogP) is 3.86. The summed E-state index contributed by atoms with van der Waals surface area (Å²) >= 11 is 1.97. The topological polar surface area (TPSA) is 54.5 Å². The summed E-state index contributed by atoms with van der Waals surface area (Å²) in [6.07, 6.45) is 0. The Morgan fingerprint density at radius 3 is 2.22 bits per heavy atom. The molecule has 1 aromatic carbocycles. The summed E-state index contributed by atoms with van der Waals surface area (Å²) in [5.41, 5.74) is 0.882. The lowest BCUT2D eigenvalue weighted by Gasteiger charge is -1.96. The highest BCUT2D eigenvalue weighted by atomic mass is 127. The molecule has 0 fully saturated rings. The van der Waals surface area contributed by atoms with Crippen LogP contribution in [0.2, 0.25) is 0 Å². The minimum atomic E-state index is -6.00. The second-order valence-corrected chi connectivity index (χ2v) is 3.91. The summed E-state index contributed by atoms with van der Waals surface area (Å²) in [5, 5.41) is 8.51. The Bertz CT molecular complexity index is 469. The molecule has 0 unspecified atom stereocenters. The molecule has 10 heteroatoms. The fraction of sp³-hybridized carbons (Fsp3) is 0.125. The first-order valence-electron chi connectivity index (χ1n) is 4.29. The molecule has 0 N–H and O–H groups in total. The van der Waals surface area contributed by atoms with Gasteiger partial charge in [0.2, 0.25) is 5.39 Å². The predicted molar refractivity (Wildman–Crippen MR) is 65.4 cm³/mol. The zero-order chi connectivity index (χ0) is 14.3. The monoisotopic (exact) mass is 376 g/mol. The van der Waals surface area contributed by atoms with Gasteiger partial charge in [-0.15, -0.1) is 0 Å². The Hall–Kier alpha value is -1.38. The van der Waals surface area contributed by atoms with E-state index in [-0.39, 0.29) is 0 Å². The van der Waals surface area contributed by atoms with Crippen LogP contribution in [0.3, 0.4) is 0 Å². The third-order valence-corrected chi connectivity index (χ3v) is 2.34. The molecule has 0 heterocycles. The molecule has 0 bridgehead atoms. The van der Waals surface area contributed by atoms with Crippen molar-refractivity contribution < 1.29 is 26.8 Å². The third kappa shape index (κ3) is 7.05. The molecule has 18 heavy (non-hydrogen) atoms. The summed E-state index contributed by atoms with van der Waals surface area (Å²) < 4.78 is 44.2. The molecule has 0 aromatic heterocycles. The van der Waals surface area contributed by atoms with Crippen molar-refractivity contribution in [1.82, 2.24) is 0 Å². The van der Waals surface area contributed by atoms with Crippen molar-refractivity contribution in [1.29, 1.82) is 5.39 Å². The van der Waals surface area contributed by atoms with Crippen molar-refractivity contribution in [2.45, 2.75) is 0 Å². The number of ether oxygens (including phenoxy) is 1. The van der Waals surface area contributed by atoms with Crippen molar-refractivity contribution in [3.8, 4) is 0 Å². The summed E-state index contributed by atoms with van der Waals surface area (Å²) in [6.45, 7) is 0. The summed E-state index contributed by atoms with van der Waals surface area (Å²) in [5.74, 6) is -0.401. The number of methoxy groups -OCH3 is 1. The zero-order valence-corrected chi connectivity index (χ0v) is 11.1. The van der Waals surface area contributed by atoms with Crippen LogP contribution in [0.4, 0.5) is 23.0 Å². The van der Waals surface area contributed by atoms with Crippen LogP contribution in [-0.2, 0) is 4.74 Å². The number of nitrogens with zero attached hydrogens (tertiary/aromatic N) is 2. The molecule has 0 aliphatic heterocycles. The molecule has 0 radical (unpaired) electrons. The molecule has 1 rings (SSSR count). The van der Waals surface area contributed by atoms with Crippen molar-refractivity contribution in [3.05, 3.63) is 32.3 Å². The fourth-order valence-electron chi connectivity index (χ4n) is 0.833. The molecule has 98 valence electrons. The number of esters is 1. The number of diazo groups is 1. The van der Waals surface area contributed by atoms with Crippen molar-refractivity contribution in [2.75, 3.05) is 7.11 Å². The van der Waals surface area contributed by atoms with Crippen LogP contribution >= 0.6 is 22.6 Å². The van der Waals surface area contributed by atoms with E-state index in [1.165, 1.54) is 7.11 Å². The van der Waals surface area contributed by atoms with E-state index in [2.05, 4.69) is 9.71 Å². The van der Waals surface area contributed by atoms with Gasteiger partial charge in [-0.3, -0.25) is 0 Å². The van der Waals surface area contributed by atoms with Crippen molar-refractivity contribution in [2.24, 2.45) is 0 Å². The van der Waals surface area contributed by atoms with E-state index in [9.17, 15) is 22.1 Å². The maximum Gasteiger partial charge on any atom is 0.673 e. The Morgan fingerprint density at radius 2 is 1.89 bits per heavy atom. The highest BCUT2D eigenvalue weighted by Crippen LogP contribution is 2.22. The molecule has 0 saturated heterocycles. The molecule has 4 nitrogen and oxygen atoms in total. The zero-order valence-electron chi connectivity index (χ0n) is 8.91. The molecular weight excluding hydrogens is 370 g/mol.